The molecule has 1 aromatic carbocycles. The summed E-state index contributed by atoms with van der Waals surface area (Å²) >= 11 is 0. The largest absolute Gasteiger partial charge is 0.323 e. The molecule has 0 spiro atoms. The van der Waals surface area contributed by atoms with Crippen LogP contribution in [0.4, 0.5) is 11.4 Å². The Bertz CT molecular complexity index is 785. The van der Waals surface area contributed by atoms with Crippen LogP contribution in [0.5, 0.6) is 0 Å². The van der Waals surface area contributed by atoms with E-state index in [-0.39, 0.29) is 24.4 Å². The van der Waals surface area contributed by atoms with E-state index >= 15 is 0 Å². The molecule has 1 aromatic heterocycles. The van der Waals surface area contributed by atoms with E-state index in [1.807, 2.05) is 56.0 Å². The van der Waals surface area contributed by atoms with Crippen LogP contribution in [0.2, 0.25) is 0 Å². The zero-order valence-corrected chi connectivity index (χ0v) is 14.7. The van der Waals surface area contributed by atoms with Gasteiger partial charge < -0.3 is 10.6 Å². The van der Waals surface area contributed by atoms with Gasteiger partial charge in [0, 0.05) is 12.2 Å². The van der Waals surface area contributed by atoms with E-state index in [2.05, 4.69) is 15.7 Å². The monoisotopic (exact) mass is 341 g/mol. The summed E-state index contributed by atoms with van der Waals surface area (Å²) in [5.41, 5.74) is 2.50. The summed E-state index contributed by atoms with van der Waals surface area (Å²) in [5.74, 6) is -0.301. The summed E-state index contributed by atoms with van der Waals surface area (Å²) in [7, 11) is 0. The average molecular weight is 341 g/mol. The lowest BCUT2D eigenvalue weighted by Crippen LogP contribution is -2.52. The number of para-hydroxylation sites is 2. The molecule has 0 aliphatic carbocycles. The van der Waals surface area contributed by atoms with Crippen molar-refractivity contribution in [3.8, 4) is 0 Å². The van der Waals surface area contributed by atoms with Crippen molar-refractivity contribution in [1.82, 2.24) is 15.1 Å². The molecule has 2 heterocycles. The van der Waals surface area contributed by atoms with Crippen LogP contribution < -0.4 is 15.5 Å². The molecule has 0 unspecified atom stereocenters. The van der Waals surface area contributed by atoms with Crippen LogP contribution in [0.25, 0.3) is 0 Å². The van der Waals surface area contributed by atoms with Crippen LogP contribution in [0.1, 0.15) is 19.4 Å². The van der Waals surface area contributed by atoms with Crippen molar-refractivity contribution >= 4 is 23.2 Å². The van der Waals surface area contributed by atoms with E-state index in [0.717, 1.165) is 11.3 Å². The second kappa shape index (κ2) is 7.06. The van der Waals surface area contributed by atoms with Gasteiger partial charge in [-0.25, -0.2) is 0 Å². The predicted octanol–water partition coefficient (Wildman–Crippen LogP) is 1.54. The Morgan fingerprint density at radius 1 is 1.36 bits per heavy atom. The lowest BCUT2D eigenvalue weighted by Gasteiger charge is -2.32. The number of hydrogen-bond acceptors (Lipinski definition) is 4. The zero-order valence-electron chi connectivity index (χ0n) is 14.7. The molecule has 3 rings (SSSR count). The first-order valence-electron chi connectivity index (χ1n) is 8.39. The Balaban J connectivity index is 1.67. The van der Waals surface area contributed by atoms with E-state index in [1.54, 1.807) is 6.07 Å². The fourth-order valence-electron chi connectivity index (χ4n) is 3.06. The summed E-state index contributed by atoms with van der Waals surface area (Å²) in [6.07, 6.45) is 3.78. The maximum Gasteiger partial charge on any atom is 0.244 e. The van der Waals surface area contributed by atoms with Gasteiger partial charge in [0.1, 0.15) is 6.54 Å². The van der Waals surface area contributed by atoms with Crippen molar-refractivity contribution in [2.45, 2.75) is 39.4 Å². The molecule has 7 heteroatoms. The number of fused-ring (bicyclic) bond motifs is 1. The van der Waals surface area contributed by atoms with Crippen LogP contribution >= 0.6 is 0 Å². The van der Waals surface area contributed by atoms with Crippen LogP contribution in [-0.4, -0.2) is 40.2 Å². The predicted molar refractivity (Wildman–Crippen MR) is 96.4 cm³/mol. The molecule has 0 saturated heterocycles. The Labute approximate surface area is 147 Å². The standard InChI is InChI=1S/C18H23N5O2/c1-12-8-19-22(9-12)10-13(2)20-14(3)18(25)23-11-17(24)21-15-6-4-5-7-16(15)23/h4-9,13-14,20H,10-11H2,1-3H3,(H,21,24)/t13-,14+/m0/s1. The number of aryl methyl sites for hydroxylation is 1. The highest BCUT2D eigenvalue weighted by Gasteiger charge is 2.29. The van der Waals surface area contributed by atoms with E-state index < -0.39 is 6.04 Å². The van der Waals surface area contributed by atoms with Crippen molar-refractivity contribution in [2.75, 3.05) is 16.8 Å². The molecule has 0 saturated carbocycles. The number of benzene rings is 1. The van der Waals surface area contributed by atoms with E-state index in [0.29, 0.717) is 12.2 Å². The summed E-state index contributed by atoms with van der Waals surface area (Å²) in [6, 6.07) is 6.99. The molecule has 2 N–H and O–H groups in total. The van der Waals surface area contributed by atoms with Gasteiger partial charge in [0.2, 0.25) is 11.8 Å². The highest BCUT2D eigenvalue weighted by molar-refractivity contribution is 6.11. The normalized spacial score (nSPS) is 16.1. The molecule has 25 heavy (non-hydrogen) atoms. The summed E-state index contributed by atoms with van der Waals surface area (Å²) in [6.45, 7) is 6.53. The third-order valence-electron chi connectivity index (χ3n) is 4.16. The van der Waals surface area contributed by atoms with Gasteiger partial charge in [0.15, 0.2) is 0 Å². The summed E-state index contributed by atoms with van der Waals surface area (Å²) in [5, 5.41) is 10.4. The molecule has 1 aliphatic heterocycles. The molecular weight excluding hydrogens is 318 g/mol. The van der Waals surface area contributed by atoms with Gasteiger partial charge in [-0.2, -0.15) is 5.10 Å². The molecular formula is C18H23N5O2. The number of amides is 2. The Hall–Kier alpha value is -2.67. The van der Waals surface area contributed by atoms with Crippen LogP contribution in [-0.2, 0) is 16.1 Å². The molecule has 1 aliphatic rings. The number of hydrogen-bond donors (Lipinski definition) is 2. The smallest absolute Gasteiger partial charge is 0.244 e. The average Bonchev–Trinajstić information content (AvgIpc) is 2.97. The lowest BCUT2D eigenvalue weighted by molar-refractivity contribution is -0.123. The van der Waals surface area contributed by atoms with Gasteiger partial charge in [-0.3, -0.25) is 19.2 Å². The SMILES string of the molecule is Cc1cnn(C[C@H](C)N[C@H](C)C(=O)N2CC(=O)Nc3ccccc32)c1. The molecule has 0 fully saturated rings. The number of aromatic nitrogens is 2. The van der Waals surface area contributed by atoms with Crippen molar-refractivity contribution in [2.24, 2.45) is 0 Å². The highest BCUT2D eigenvalue weighted by atomic mass is 16.2. The van der Waals surface area contributed by atoms with E-state index in [4.69, 9.17) is 0 Å². The third-order valence-corrected chi connectivity index (χ3v) is 4.16. The zero-order chi connectivity index (χ0) is 18.0. The summed E-state index contributed by atoms with van der Waals surface area (Å²) < 4.78 is 1.85. The first-order valence-corrected chi connectivity index (χ1v) is 8.39. The molecule has 0 bridgehead atoms. The fraction of sp³-hybridized carbons (Fsp3) is 0.389. The van der Waals surface area contributed by atoms with Gasteiger partial charge in [-0.05, 0) is 38.5 Å². The molecule has 0 radical (unpaired) electrons. The minimum atomic E-state index is -0.411. The first-order chi connectivity index (χ1) is 11.9. The van der Waals surface area contributed by atoms with Crippen molar-refractivity contribution in [3.05, 3.63) is 42.2 Å². The van der Waals surface area contributed by atoms with Gasteiger partial charge >= 0.3 is 0 Å². The van der Waals surface area contributed by atoms with Crippen molar-refractivity contribution in [1.29, 1.82) is 0 Å². The number of rotatable bonds is 5. The minimum Gasteiger partial charge on any atom is -0.323 e. The highest BCUT2D eigenvalue weighted by Crippen LogP contribution is 2.29. The van der Waals surface area contributed by atoms with E-state index in [9.17, 15) is 9.59 Å². The molecule has 2 amide bonds. The van der Waals surface area contributed by atoms with Gasteiger partial charge in [0.25, 0.3) is 0 Å². The van der Waals surface area contributed by atoms with Crippen LogP contribution in [0.3, 0.4) is 0 Å². The van der Waals surface area contributed by atoms with Gasteiger partial charge in [-0.15, -0.1) is 0 Å². The Kier molecular flexibility index (Phi) is 4.85. The second-order valence-corrected chi connectivity index (χ2v) is 6.52. The topological polar surface area (TPSA) is 79.3 Å². The number of nitrogens with zero attached hydrogens (tertiary/aromatic N) is 3. The fourth-order valence-corrected chi connectivity index (χ4v) is 3.06. The maximum atomic E-state index is 12.9. The molecule has 2 aromatic rings. The van der Waals surface area contributed by atoms with Crippen molar-refractivity contribution < 1.29 is 9.59 Å². The summed E-state index contributed by atoms with van der Waals surface area (Å²) in [4.78, 5) is 26.3. The second-order valence-electron chi connectivity index (χ2n) is 6.52. The number of carbonyl (C=O) groups excluding carboxylic acids is 2. The number of nitrogens with one attached hydrogen (secondary N) is 2. The molecule has 7 nitrogen and oxygen atoms in total. The van der Waals surface area contributed by atoms with Gasteiger partial charge in [-0.1, -0.05) is 12.1 Å². The molecule has 132 valence electrons. The van der Waals surface area contributed by atoms with Crippen LogP contribution in [0, 0.1) is 6.92 Å². The third kappa shape index (κ3) is 3.88. The quantitative estimate of drug-likeness (QED) is 0.865. The van der Waals surface area contributed by atoms with Gasteiger partial charge in [0.05, 0.1) is 30.2 Å². The number of carbonyl (C=O) groups is 2. The van der Waals surface area contributed by atoms with Crippen LogP contribution in [0.15, 0.2) is 36.7 Å². The minimum absolute atomic E-state index is 0.0363. The van der Waals surface area contributed by atoms with Crippen molar-refractivity contribution in [3.63, 3.8) is 0 Å². The molecule has 2 atom stereocenters. The Morgan fingerprint density at radius 3 is 2.84 bits per heavy atom. The van der Waals surface area contributed by atoms with E-state index in [1.165, 1.54) is 4.90 Å². The first kappa shape index (κ1) is 17.2. The Morgan fingerprint density at radius 2 is 2.12 bits per heavy atom. The maximum absolute atomic E-state index is 12.9. The lowest BCUT2D eigenvalue weighted by atomic mass is 10.1. The number of anilines is 2.